The van der Waals surface area contributed by atoms with E-state index in [9.17, 15) is 4.79 Å². The molecule has 65 valence electrons. The fourth-order valence-corrected chi connectivity index (χ4v) is 1.01. The van der Waals surface area contributed by atoms with E-state index in [2.05, 4.69) is 15.2 Å². The minimum atomic E-state index is -0.0781. The Labute approximate surface area is 72.8 Å². The van der Waals surface area contributed by atoms with Crippen LogP contribution in [-0.2, 0) is 4.79 Å². The first-order valence-corrected chi connectivity index (χ1v) is 3.83. The summed E-state index contributed by atoms with van der Waals surface area (Å²) < 4.78 is 0. The van der Waals surface area contributed by atoms with Gasteiger partial charge in [-0.1, -0.05) is 0 Å². The van der Waals surface area contributed by atoms with Gasteiger partial charge >= 0.3 is 71.9 Å². The zero-order chi connectivity index (χ0) is 8.97. The van der Waals surface area contributed by atoms with Crippen LogP contribution in [0.15, 0.2) is 4.90 Å². The normalized spacial score (nSPS) is 19.2. The van der Waals surface area contributed by atoms with Crippen LogP contribution in [0.2, 0.25) is 0 Å². The number of nitrogens with zero attached hydrogens (tertiary/aromatic N) is 3. The first-order chi connectivity index (χ1) is 5.74. The first-order valence-electron chi connectivity index (χ1n) is 3.83. The molecule has 5 nitrogen and oxygen atoms in total. The van der Waals surface area contributed by atoms with Crippen molar-refractivity contribution < 1.29 is 4.79 Å². The van der Waals surface area contributed by atoms with Gasteiger partial charge in [-0.05, 0) is 0 Å². The standard InChI is InChI=1S/C6H12BN4O/c1-10-2-3-11(9-5-10)6(12)4-8-7/h9H,2-5H2,1H3. The number of likely N-dealkylation sites (N-methyl/N-ethyl adjacent to an activating group) is 1. The van der Waals surface area contributed by atoms with E-state index in [4.69, 9.17) is 7.64 Å². The molecule has 12 heavy (non-hydrogen) atoms. The van der Waals surface area contributed by atoms with Gasteiger partial charge in [0.1, 0.15) is 0 Å². The molecule has 1 fully saturated rings. The first kappa shape index (κ1) is 9.34. The molecule has 0 bridgehead atoms. The average Bonchev–Trinajstić information content (AvgIpc) is 2.06. The molecule has 0 unspecified atom stereocenters. The van der Waals surface area contributed by atoms with E-state index < -0.39 is 0 Å². The third kappa shape index (κ3) is 2.39. The zero-order valence-corrected chi connectivity index (χ0v) is 7.16. The van der Waals surface area contributed by atoms with Gasteiger partial charge in [0.2, 0.25) is 0 Å². The Bertz CT molecular complexity index is 178. The SMILES string of the molecule is [B]=NCC(=O)N1CCN(C)CN1. The Balaban J connectivity index is 2.33. The predicted octanol–water partition coefficient (Wildman–Crippen LogP) is -1.43. The number of rotatable bonds is 2. The van der Waals surface area contributed by atoms with Gasteiger partial charge in [0.25, 0.3) is 0 Å². The van der Waals surface area contributed by atoms with Crippen LogP contribution in [-0.4, -0.2) is 56.8 Å². The van der Waals surface area contributed by atoms with Crippen LogP contribution in [0.5, 0.6) is 0 Å². The molecule has 0 aliphatic carbocycles. The van der Waals surface area contributed by atoms with Crippen LogP contribution in [0.25, 0.3) is 0 Å². The van der Waals surface area contributed by atoms with E-state index in [0.717, 1.165) is 6.54 Å². The van der Waals surface area contributed by atoms with Gasteiger partial charge in [-0.2, -0.15) is 0 Å². The van der Waals surface area contributed by atoms with Crippen molar-refractivity contribution in [2.24, 2.45) is 4.90 Å². The Morgan fingerprint density at radius 3 is 2.92 bits per heavy atom. The summed E-state index contributed by atoms with van der Waals surface area (Å²) in [5.41, 5.74) is 2.95. The van der Waals surface area contributed by atoms with Crippen LogP contribution in [0.1, 0.15) is 0 Å². The fraction of sp³-hybridized carbons (Fsp3) is 0.833. The van der Waals surface area contributed by atoms with Gasteiger partial charge in [-0.15, -0.1) is 0 Å². The van der Waals surface area contributed by atoms with E-state index in [1.54, 1.807) is 5.01 Å². The summed E-state index contributed by atoms with van der Waals surface area (Å²) in [5, 5.41) is 1.55. The van der Waals surface area contributed by atoms with Crippen molar-refractivity contribution in [2.45, 2.75) is 0 Å². The van der Waals surface area contributed by atoms with Gasteiger partial charge in [0, 0.05) is 0 Å². The molecule has 1 aliphatic rings. The van der Waals surface area contributed by atoms with Gasteiger partial charge in [-0.3, -0.25) is 0 Å². The number of hydrogen-bond acceptors (Lipinski definition) is 4. The molecule has 1 heterocycles. The number of carbonyl (C=O) groups is 1. The molecule has 0 aromatic carbocycles. The van der Waals surface area contributed by atoms with Gasteiger partial charge in [0.05, 0.1) is 0 Å². The van der Waals surface area contributed by atoms with E-state index in [1.807, 2.05) is 7.05 Å². The Morgan fingerprint density at radius 2 is 2.42 bits per heavy atom. The molecular weight excluding hydrogens is 155 g/mol. The monoisotopic (exact) mass is 167 g/mol. The molecule has 1 saturated heterocycles. The van der Waals surface area contributed by atoms with Crippen molar-refractivity contribution >= 4 is 13.5 Å². The summed E-state index contributed by atoms with van der Waals surface area (Å²) in [7, 11) is 6.89. The van der Waals surface area contributed by atoms with Crippen molar-refractivity contribution in [2.75, 3.05) is 33.4 Å². The van der Waals surface area contributed by atoms with E-state index >= 15 is 0 Å². The Morgan fingerprint density at radius 1 is 1.67 bits per heavy atom. The van der Waals surface area contributed by atoms with Gasteiger partial charge in [0.15, 0.2) is 0 Å². The van der Waals surface area contributed by atoms with E-state index in [-0.39, 0.29) is 12.5 Å². The molecule has 1 radical (unpaired) electrons. The Hall–Kier alpha value is -0.745. The molecule has 1 rings (SSSR count). The van der Waals surface area contributed by atoms with Crippen molar-refractivity contribution in [1.82, 2.24) is 15.3 Å². The predicted molar refractivity (Wildman–Crippen MR) is 45.4 cm³/mol. The number of amides is 1. The number of hydrogen-bond donors (Lipinski definition) is 1. The third-order valence-corrected chi connectivity index (χ3v) is 1.76. The van der Waals surface area contributed by atoms with Gasteiger partial charge < -0.3 is 0 Å². The van der Waals surface area contributed by atoms with Crippen molar-refractivity contribution in [1.29, 1.82) is 0 Å². The molecule has 1 amide bonds. The molecular formula is C6H12BN4O. The molecule has 0 aromatic rings. The summed E-state index contributed by atoms with van der Waals surface area (Å²) in [6.07, 6.45) is 0. The van der Waals surface area contributed by atoms with Gasteiger partial charge in [-0.25, -0.2) is 0 Å². The van der Waals surface area contributed by atoms with Crippen LogP contribution in [0.4, 0.5) is 0 Å². The summed E-state index contributed by atoms with van der Waals surface area (Å²) in [5.74, 6) is -0.0781. The maximum atomic E-state index is 11.2. The van der Waals surface area contributed by atoms with E-state index in [1.165, 1.54) is 0 Å². The van der Waals surface area contributed by atoms with Crippen LogP contribution < -0.4 is 5.43 Å². The molecule has 0 aromatic heterocycles. The van der Waals surface area contributed by atoms with Crippen LogP contribution >= 0.6 is 0 Å². The topological polar surface area (TPSA) is 47.9 Å². The Kier molecular flexibility index (Phi) is 3.37. The maximum absolute atomic E-state index is 11.2. The second kappa shape index (κ2) is 4.32. The fourth-order valence-electron chi connectivity index (χ4n) is 1.01. The average molecular weight is 167 g/mol. The summed E-state index contributed by atoms with van der Waals surface area (Å²) in [6.45, 7) is 2.31. The number of hydrazine groups is 1. The number of carbonyl (C=O) groups excluding carboxylic acids is 1. The molecule has 0 atom stereocenters. The molecule has 6 heteroatoms. The molecule has 1 aliphatic heterocycles. The van der Waals surface area contributed by atoms with E-state index in [0.29, 0.717) is 13.2 Å². The summed E-state index contributed by atoms with van der Waals surface area (Å²) in [4.78, 5) is 16.5. The zero-order valence-electron chi connectivity index (χ0n) is 7.16. The van der Waals surface area contributed by atoms with Crippen molar-refractivity contribution in [3.63, 3.8) is 0 Å². The molecule has 0 spiro atoms. The summed E-state index contributed by atoms with van der Waals surface area (Å²) >= 11 is 0. The summed E-state index contributed by atoms with van der Waals surface area (Å²) in [6, 6.07) is 0. The molecule has 0 saturated carbocycles. The third-order valence-electron chi connectivity index (χ3n) is 1.76. The molecule has 1 N–H and O–H groups in total. The van der Waals surface area contributed by atoms with Crippen LogP contribution in [0.3, 0.4) is 0 Å². The van der Waals surface area contributed by atoms with Crippen molar-refractivity contribution in [3.8, 4) is 0 Å². The minimum absolute atomic E-state index is 0.0523. The quantitative estimate of drug-likeness (QED) is 0.513. The second-order valence-electron chi connectivity index (χ2n) is 2.78. The number of nitrogens with one attached hydrogen (secondary N) is 1. The second-order valence-corrected chi connectivity index (χ2v) is 2.78. The van der Waals surface area contributed by atoms with Crippen LogP contribution in [0, 0.1) is 0 Å². The van der Waals surface area contributed by atoms with Crippen molar-refractivity contribution in [3.05, 3.63) is 0 Å².